The van der Waals surface area contributed by atoms with Gasteiger partial charge in [0.15, 0.2) is 11.5 Å². The quantitative estimate of drug-likeness (QED) is 0.435. The smallest absolute Gasteiger partial charge is 0.329 e. The van der Waals surface area contributed by atoms with E-state index in [0.29, 0.717) is 39.7 Å². The Morgan fingerprint density at radius 3 is 2.69 bits per heavy atom. The topological polar surface area (TPSA) is 109 Å². The first-order chi connectivity index (χ1) is 16.9. The van der Waals surface area contributed by atoms with Gasteiger partial charge in [0.2, 0.25) is 6.79 Å². The minimum absolute atomic E-state index is 0.0971. The molecule has 3 amide bonds. The maximum absolute atomic E-state index is 13.6. The summed E-state index contributed by atoms with van der Waals surface area (Å²) in [6, 6.07) is 16.2. The van der Waals surface area contributed by atoms with Crippen molar-refractivity contribution in [3.8, 4) is 17.2 Å². The molecule has 2 aliphatic heterocycles. The highest BCUT2D eigenvalue weighted by atomic mass is 79.9. The molecule has 1 atom stereocenters. The molecule has 3 aromatic rings. The number of anilines is 2. The first-order valence-electron chi connectivity index (χ1n) is 10.9. The van der Waals surface area contributed by atoms with E-state index in [4.69, 9.17) is 14.2 Å². The molecule has 0 unspecified atom stereocenters. The van der Waals surface area contributed by atoms with Crippen molar-refractivity contribution in [2.45, 2.75) is 19.2 Å². The molecule has 0 radical (unpaired) electrons. The first-order valence-corrected chi connectivity index (χ1v) is 11.7. The van der Waals surface area contributed by atoms with Gasteiger partial charge in [-0.3, -0.25) is 9.69 Å². The average Bonchev–Trinajstić information content (AvgIpc) is 3.32. The van der Waals surface area contributed by atoms with Gasteiger partial charge in [0.1, 0.15) is 5.75 Å². The number of ether oxygens (including phenoxy) is 3. The van der Waals surface area contributed by atoms with Crippen LogP contribution in [0.4, 0.5) is 16.2 Å². The molecule has 0 spiro atoms. The molecule has 9 nitrogen and oxygen atoms in total. The number of aliphatic hydroxyl groups is 1. The Bertz CT molecular complexity index is 1300. The maximum atomic E-state index is 13.6. The second kappa shape index (κ2) is 9.12. The number of amides is 3. The molecule has 180 valence electrons. The SMILES string of the molecule is CCOc1ccc(N2C(=O)Nc3ccc(Br)cc3[C@@]2(O)C(=O)NCc2ccc3c(c2)OCO3)cc1. The molecule has 2 aliphatic rings. The van der Waals surface area contributed by atoms with Gasteiger partial charge in [0.05, 0.1) is 12.3 Å². The van der Waals surface area contributed by atoms with Gasteiger partial charge in [-0.15, -0.1) is 0 Å². The Kier molecular flexibility index (Phi) is 6.00. The highest BCUT2D eigenvalue weighted by molar-refractivity contribution is 9.10. The number of carbonyl (C=O) groups excluding carboxylic acids is 2. The van der Waals surface area contributed by atoms with Gasteiger partial charge in [0, 0.05) is 22.3 Å². The van der Waals surface area contributed by atoms with Crippen molar-refractivity contribution in [3.63, 3.8) is 0 Å². The third kappa shape index (κ3) is 4.15. The molecular weight excluding hydrogens is 518 g/mol. The number of urea groups is 1. The van der Waals surface area contributed by atoms with E-state index in [2.05, 4.69) is 26.6 Å². The number of halogens is 1. The monoisotopic (exact) mass is 539 g/mol. The summed E-state index contributed by atoms with van der Waals surface area (Å²) >= 11 is 3.40. The van der Waals surface area contributed by atoms with E-state index in [1.165, 1.54) is 0 Å². The molecule has 5 rings (SSSR count). The predicted molar refractivity (Wildman–Crippen MR) is 132 cm³/mol. The summed E-state index contributed by atoms with van der Waals surface area (Å²) in [6.07, 6.45) is 0. The van der Waals surface area contributed by atoms with Crippen LogP contribution in [0.2, 0.25) is 0 Å². The summed E-state index contributed by atoms with van der Waals surface area (Å²) in [5.74, 6) is 1.05. The van der Waals surface area contributed by atoms with Crippen molar-refractivity contribution in [1.82, 2.24) is 5.32 Å². The van der Waals surface area contributed by atoms with Crippen molar-refractivity contribution < 1.29 is 28.9 Å². The summed E-state index contributed by atoms with van der Waals surface area (Å²) in [6.45, 7) is 2.59. The predicted octanol–water partition coefficient (Wildman–Crippen LogP) is 4.09. The van der Waals surface area contributed by atoms with Gasteiger partial charge in [-0.05, 0) is 67.1 Å². The van der Waals surface area contributed by atoms with Crippen LogP contribution in [0.3, 0.4) is 0 Å². The van der Waals surface area contributed by atoms with Gasteiger partial charge in [-0.2, -0.15) is 0 Å². The largest absolute Gasteiger partial charge is 0.494 e. The molecule has 0 bridgehead atoms. The molecule has 3 N–H and O–H groups in total. The lowest BCUT2D eigenvalue weighted by Crippen LogP contribution is -2.62. The molecule has 0 aromatic heterocycles. The molecular formula is C25H22BrN3O6. The van der Waals surface area contributed by atoms with E-state index < -0.39 is 17.7 Å². The summed E-state index contributed by atoms with van der Waals surface area (Å²) in [4.78, 5) is 27.8. The third-order valence-electron chi connectivity index (χ3n) is 5.74. The first kappa shape index (κ1) is 23.0. The van der Waals surface area contributed by atoms with E-state index in [-0.39, 0.29) is 18.9 Å². The van der Waals surface area contributed by atoms with E-state index in [1.54, 1.807) is 60.7 Å². The van der Waals surface area contributed by atoms with Crippen LogP contribution in [-0.2, 0) is 17.1 Å². The Hall–Kier alpha value is -3.76. The number of rotatable bonds is 6. The van der Waals surface area contributed by atoms with Crippen LogP contribution < -0.4 is 29.7 Å². The summed E-state index contributed by atoms with van der Waals surface area (Å²) in [5, 5.41) is 17.5. The molecule has 2 heterocycles. The Morgan fingerprint density at radius 2 is 1.91 bits per heavy atom. The van der Waals surface area contributed by atoms with E-state index >= 15 is 0 Å². The lowest BCUT2D eigenvalue weighted by Gasteiger charge is -2.42. The van der Waals surface area contributed by atoms with Crippen LogP contribution in [0, 0.1) is 0 Å². The van der Waals surface area contributed by atoms with E-state index in [0.717, 1.165) is 10.5 Å². The zero-order valence-corrected chi connectivity index (χ0v) is 20.3. The molecule has 0 aliphatic carbocycles. The fourth-order valence-corrected chi connectivity index (χ4v) is 4.46. The fraction of sp³-hybridized carbons (Fsp3) is 0.200. The molecule has 0 saturated heterocycles. The van der Waals surface area contributed by atoms with Crippen molar-refractivity contribution in [2.24, 2.45) is 0 Å². The minimum atomic E-state index is -2.33. The minimum Gasteiger partial charge on any atom is -0.494 e. The van der Waals surface area contributed by atoms with Crippen molar-refractivity contribution in [2.75, 3.05) is 23.6 Å². The van der Waals surface area contributed by atoms with Crippen molar-refractivity contribution in [1.29, 1.82) is 0 Å². The van der Waals surface area contributed by atoms with Gasteiger partial charge in [-0.25, -0.2) is 4.79 Å². The number of nitrogens with one attached hydrogen (secondary N) is 2. The zero-order valence-electron chi connectivity index (χ0n) is 18.7. The van der Waals surface area contributed by atoms with E-state index in [9.17, 15) is 14.7 Å². The molecule has 35 heavy (non-hydrogen) atoms. The number of hydrogen-bond donors (Lipinski definition) is 3. The van der Waals surface area contributed by atoms with Gasteiger partial charge in [-0.1, -0.05) is 22.0 Å². The summed E-state index contributed by atoms with van der Waals surface area (Å²) in [5.41, 5.74) is -0.708. The number of benzene rings is 3. The molecule has 3 aromatic carbocycles. The number of nitrogens with zero attached hydrogens (tertiary/aromatic N) is 1. The highest BCUT2D eigenvalue weighted by Crippen LogP contribution is 2.41. The average molecular weight is 540 g/mol. The number of hydrogen-bond acceptors (Lipinski definition) is 6. The van der Waals surface area contributed by atoms with Crippen LogP contribution in [0.15, 0.2) is 65.1 Å². The van der Waals surface area contributed by atoms with Gasteiger partial charge < -0.3 is 30.0 Å². The molecule has 0 saturated carbocycles. The lowest BCUT2D eigenvalue weighted by molar-refractivity contribution is -0.140. The maximum Gasteiger partial charge on any atom is 0.329 e. The third-order valence-corrected chi connectivity index (χ3v) is 6.23. The lowest BCUT2D eigenvalue weighted by atomic mass is 9.94. The summed E-state index contributed by atoms with van der Waals surface area (Å²) < 4.78 is 16.8. The van der Waals surface area contributed by atoms with Gasteiger partial charge in [0.25, 0.3) is 11.6 Å². The second-order valence-corrected chi connectivity index (χ2v) is 8.84. The van der Waals surface area contributed by atoms with Crippen LogP contribution in [0.1, 0.15) is 18.1 Å². The number of fused-ring (bicyclic) bond motifs is 2. The van der Waals surface area contributed by atoms with E-state index in [1.807, 2.05) is 6.92 Å². The standard InChI is InChI=1S/C25H22BrN3O6/c1-2-33-18-7-5-17(6-8-18)29-24(31)28-20-9-4-16(26)12-19(20)25(29,32)23(30)27-13-15-3-10-21-22(11-15)35-14-34-21/h3-12,32H,2,13-14H2,1H3,(H,27,30)(H,28,31)/t25-/m1/s1. The molecule has 0 fully saturated rings. The van der Waals surface area contributed by atoms with Gasteiger partial charge >= 0.3 is 6.03 Å². The molecule has 10 heteroatoms. The summed E-state index contributed by atoms with van der Waals surface area (Å²) in [7, 11) is 0. The highest BCUT2D eigenvalue weighted by Gasteiger charge is 2.52. The zero-order chi connectivity index (χ0) is 24.6. The van der Waals surface area contributed by atoms with Crippen molar-refractivity contribution >= 4 is 39.2 Å². The second-order valence-electron chi connectivity index (χ2n) is 7.92. The van der Waals surface area contributed by atoms with Crippen LogP contribution >= 0.6 is 15.9 Å². The number of carbonyl (C=O) groups is 2. The van der Waals surface area contributed by atoms with Crippen LogP contribution in [0.5, 0.6) is 17.2 Å². The Morgan fingerprint density at radius 1 is 1.14 bits per heavy atom. The Balaban J connectivity index is 1.50. The normalized spacial score (nSPS) is 18.0. The van der Waals surface area contributed by atoms with Crippen molar-refractivity contribution in [3.05, 3.63) is 76.3 Å². The fourth-order valence-electron chi connectivity index (χ4n) is 4.09. The van der Waals surface area contributed by atoms with Crippen LogP contribution in [-0.4, -0.2) is 30.4 Å². The van der Waals surface area contributed by atoms with Crippen LogP contribution in [0.25, 0.3) is 0 Å². The Labute approximate surface area is 209 Å².